The number of nitrogens with one attached hydrogen (secondary N) is 1. The highest BCUT2D eigenvalue weighted by molar-refractivity contribution is 7.89. The summed E-state index contributed by atoms with van der Waals surface area (Å²) >= 11 is 0. The SMILES string of the molecule is Cc1cccc(CCN(Cc2cc3ccc(C)cc3[nH]c2=O)S(=O)(=O)c2ccccc2F)c1. The smallest absolute Gasteiger partial charge is 0.252 e. The van der Waals surface area contributed by atoms with E-state index in [1.807, 2.05) is 56.3 Å². The van der Waals surface area contributed by atoms with E-state index >= 15 is 0 Å². The van der Waals surface area contributed by atoms with Crippen LogP contribution in [0.2, 0.25) is 0 Å². The summed E-state index contributed by atoms with van der Waals surface area (Å²) in [4.78, 5) is 15.2. The van der Waals surface area contributed by atoms with Gasteiger partial charge in [0.25, 0.3) is 5.56 Å². The molecule has 0 spiro atoms. The third-order valence-electron chi connectivity index (χ3n) is 5.61. The molecule has 1 aromatic heterocycles. The lowest BCUT2D eigenvalue weighted by molar-refractivity contribution is 0.404. The molecule has 1 N–H and O–H groups in total. The summed E-state index contributed by atoms with van der Waals surface area (Å²) in [6.45, 7) is 3.83. The van der Waals surface area contributed by atoms with Crippen molar-refractivity contribution in [2.75, 3.05) is 6.54 Å². The number of nitrogens with zero attached hydrogens (tertiary/aromatic N) is 1. The second kappa shape index (κ2) is 9.29. The van der Waals surface area contributed by atoms with Crippen LogP contribution in [0.5, 0.6) is 0 Å². The Kier molecular flexibility index (Phi) is 6.44. The minimum atomic E-state index is -4.18. The lowest BCUT2D eigenvalue weighted by atomic mass is 10.1. The van der Waals surface area contributed by atoms with Crippen LogP contribution in [0, 0.1) is 19.7 Å². The first-order valence-corrected chi connectivity index (χ1v) is 12.1. The zero-order valence-corrected chi connectivity index (χ0v) is 19.3. The van der Waals surface area contributed by atoms with Gasteiger partial charge in [0.2, 0.25) is 10.0 Å². The van der Waals surface area contributed by atoms with Gasteiger partial charge in [-0.05, 0) is 61.0 Å². The molecular weight excluding hydrogens is 439 g/mol. The molecule has 0 atom stereocenters. The number of sulfonamides is 1. The van der Waals surface area contributed by atoms with Gasteiger partial charge < -0.3 is 4.98 Å². The second-order valence-electron chi connectivity index (χ2n) is 8.22. The first-order valence-electron chi connectivity index (χ1n) is 10.7. The Labute approximate surface area is 192 Å². The third kappa shape index (κ3) is 5.05. The molecule has 0 unspecified atom stereocenters. The van der Waals surface area contributed by atoms with Crippen molar-refractivity contribution in [1.29, 1.82) is 0 Å². The average molecular weight is 465 g/mol. The maximum atomic E-state index is 14.5. The quantitative estimate of drug-likeness (QED) is 0.430. The molecule has 33 heavy (non-hydrogen) atoms. The molecule has 0 aliphatic rings. The Bertz CT molecular complexity index is 1480. The summed E-state index contributed by atoms with van der Waals surface area (Å²) in [7, 11) is -4.18. The number of fused-ring (bicyclic) bond motifs is 1. The minimum absolute atomic E-state index is 0.103. The van der Waals surface area contributed by atoms with Crippen molar-refractivity contribution in [3.63, 3.8) is 0 Å². The number of hydrogen-bond acceptors (Lipinski definition) is 3. The van der Waals surface area contributed by atoms with Crippen molar-refractivity contribution < 1.29 is 12.8 Å². The lowest BCUT2D eigenvalue weighted by Crippen LogP contribution is -2.35. The van der Waals surface area contributed by atoms with Crippen LogP contribution < -0.4 is 5.56 Å². The molecule has 5 nitrogen and oxygen atoms in total. The first kappa shape index (κ1) is 22.9. The Morgan fingerprint density at radius 3 is 2.42 bits per heavy atom. The van der Waals surface area contributed by atoms with Gasteiger partial charge in [0.05, 0.1) is 0 Å². The highest BCUT2D eigenvalue weighted by Crippen LogP contribution is 2.22. The number of pyridine rings is 1. The average Bonchev–Trinajstić information content (AvgIpc) is 2.77. The van der Waals surface area contributed by atoms with Crippen molar-refractivity contribution in [1.82, 2.24) is 9.29 Å². The van der Waals surface area contributed by atoms with Gasteiger partial charge in [0.15, 0.2) is 0 Å². The maximum absolute atomic E-state index is 14.5. The van der Waals surface area contributed by atoms with Gasteiger partial charge in [-0.3, -0.25) is 4.79 Å². The van der Waals surface area contributed by atoms with Gasteiger partial charge in [-0.25, -0.2) is 12.8 Å². The molecule has 0 saturated carbocycles. The summed E-state index contributed by atoms with van der Waals surface area (Å²) in [5, 5.41) is 0.803. The Hall–Kier alpha value is -3.29. The van der Waals surface area contributed by atoms with Crippen molar-refractivity contribution in [3.8, 4) is 0 Å². The fraction of sp³-hybridized carbons (Fsp3) is 0.192. The summed E-state index contributed by atoms with van der Waals surface area (Å²) in [6.07, 6.45) is 0.431. The van der Waals surface area contributed by atoms with Crippen LogP contribution in [-0.2, 0) is 23.0 Å². The van der Waals surface area contributed by atoms with Crippen LogP contribution in [-0.4, -0.2) is 24.3 Å². The largest absolute Gasteiger partial charge is 0.322 e. The van der Waals surface area contributed by atoms with E-state index < -0.39 is 20.7 Å². The number of aromatic amines is 1. The number of H-pyrrole nitrogens is 1. The lowest BCUT2D eigenvalue weighted by Gasteiger charge is -2.22. The molecule has 3 aromatic carbocycles. The monoisotopic (exact) mass is 464 g/mol. The molecule has 0 radical (unpaired) electrons. The van der Waals surface area contributed by atoms with Gasteiger partial charge in [-0.1, -0.05) is 54.1 Å². The Morgan fingerprint density at radius 2 is 1.67 bits per heavy atom. The zero-order valence-electron chi connectivity index (χ0n) is 18.5. The molecule has 0 bridgehead atoms. The Balaban J connectivity index is 1.73. The highest BCUT2D eigenvalue weighted by atomic mass is 32.2. The zero-order chi connectivity index (χ0) is 23.6. The van der Waals surface area contributed by atoms with Gasteiger partial charge in [-0.2, -0.15) is 4.31 Å². The topological polar surface area (TPSA) is 70.2 Å². The molecule has 0 amide bonds. The van der Waals surface area contributed by atoms with Gasteiger partial charge >= 0.3 is 0 Å². The molecule has 170 valence electrons. The van der Waals surface area contributed by atoms with E-state index in [1.54, 1.807) is 6.07 Å². The summed E-state index contributed by atoms with van der Waals surface area (Å²) in [5.74, 6) is -0.819. The van der Waals surface area contributed by atoms with Crippen LogP contribution in [0.3, 0.4) is 0 Å². The number of benzene rings is 3. The normalized spacial score (nSPS) is 11.9. The van der Waals surface area contributed by atoms with E-state index in [9.17, 15) is 17.6 Å². The molecule has 4 rings (SSSR count). The van der Waals surface area contributed by atoms with E-state index in [0.29, 0.717) is 17.5 Å². The predicted octanol–water partition coefficient (Wildman–Crippen LogP) is 4.72. The van der Waals surface area contributed by atoms with Crippen molar-refractivity contribution in [3.05, 3.63) is 111 Å². The molecule has 4 aromatic rings. The first-order chi connectivity index (χ1) is 15.7. The number of aryl methyl sites for hydroxylation is 2. The van der Waals surface area contributed by atoms with Crippen LogP contribution >= 0.6 is 0 Å². The molecule has 0 fully saturated rings. The highest BCUT2D eigenvalue weighted by Gasteiger charge is 2.28. The Morgan fingerprint density at radius 1 is 0.909 bits per heavy atom. The van der Waals surface area contributed by atoms with Gasteiger partial charge in [0.1, 0.15) is 10.7 Å². The molecule has 0 saturated heterocycles. The van der Waals surface area contributed by atoms with E-state index in [-0.39, 0.29) is 18.6 Å². The molecule has 1 heterocycles. The summed E-state index contributed by atoms with van der Waals surface area (Å²) < 4.78 is 42.5. The number of rotatable bonds is 7. The van der Waals surface area contributed by atoms with E-state index in [0.717, 1.165) is 28.1 Å². The van der Waals surface area contributed by atoms with E-state index in [2.05, 4.69) is 4.98 Å². The molecular formula is C26H25FN2O3S. The van der Waals surface area contributed by atoms with Crippen molar-refractivity contribution in [2.24, 2.45) is 0 Å². The molecule has 7 heteroatoms. The fourth-order valence-corrected chi connectivity index (χ4v) is 5.35. The van der Waals surface area contributed by atoms with Crippen molar-refractivity contribution >= 4 is 20.9 Å². The van der Waals surface area contributed by atoms with Gasteiger partial charge in [0, 0.05) is 24.2 Å². The summed E-state index contributed by atoms with van der Waals surface area (Å²) in [5.41, 5.74) is 3.66. The molecule has 0 aliphatic carbocycles. The second-order valence-corrected chi connectivity index (χ2v) is 10.1. The van der Waals surface area contributed by atoms with Crippen LogP contribution in [0.15, 0.2) is 82.5 Å². The molecule has 0 aliphatic heterocycles. The van der Waals surface area contributed by atoms with E-state index in [4.69, 9.17) is 0 Å². The maximum Gasteiger partial charge on any atom is 0.252 e. The minimum Gasteiger partial charge on any atom is -0.322 e. The summed E-state index contributed by atoms with van der Waals surface area (Å²) in [6, 6.07) is 20.5. The van der Waals surface area contributed by atoms with Crippen LogP contribution in [0.1, 0.15) is 22.3 Å². The van der Waals surface area contributed by atoms with Crippen molar-refractivity contribution in [2.45, 2.75) is 31.7 Å². The van der Waals surface area contributed by atoms with E-state index in [1.165, 1.54) is 22.5 Å². The predicted molar refractivity (Wildman–Crippen MR) is 128 cm³/mol. The standard InChI is InChI=1S/C26H25FN2O3S/c1-18-6-5-7-20(14-18)12-13-29(33(31,32)25-9-4-3-8-23(25)27)17-22-16-21-11-10-19(2)15-24(21)28-26(22)30/h3-11,14-16H,12-13,17H2,1-2H3,(H,28,30). The number of aromatic nitrogens is 1. The van der Waals surface area contributed by atoms with Crippen LogP contribution in [0.25, 0.3) is 10.9 Å². The van der Waals surface area contributed by atoms with Crippen LogP contribution in [0.4, 0.5) is 4.39 Å². The third-order valence-corrected chi connectivity index (χ3v) is 7.49. The fourth-order valence-electron chi connectivity index (χ4n) is 3.87. The number of hydrogen-bond donors (Lipinski definition) is 1. The number of halogens is 1. The van der Waals surface area contributed by atoms with Gasteiger partial charge in [-0.15, -0.1) is 0 Å².